The molecule has 0 aromatic carbocycles. The van der Waals surface area contributed by atoms with E-state index >= 15 is 0 Å². The van der Waals surface area contributed by atoms with Crippen molar-refractivity contribution in [2.45, 2.75) is 6.92 Å². The van der Waals surface area contributed by atoms with Gasteiger partial charge in [0.1, 0.15) is 18.0 Å². The van der Waals surface area contributed by atoms with Gasteiger partial charge < -0.3 is 11.5 Å². The molecule has 6 heteroatoms. The minimum atomic E-state index is 0.391. The van der Waals surface area contributed by atoms with Crippen LogP contribution in [0.1, 0.15) is 5.69 Å². The summed E-state index contributed by atoms with van der Waals surface area (Å²) in [7, 11) is 0. The van der Waals surface area contributed by atoms with Gasteiger partial charge >= 0.3 is 0 Å². The highest BCUT2D eigenvalue weighted by Crippen LogP contribution is 2.12. The van der Waals surface area contributed by atoms with Crippen molar-refractivity contribution >= 4 is 11.6 Å². The van der Waals surface area contributed by atoms with Gasteiger partial charge in [-0.25, -0.2) is 9.97 Å². The smallest absolute Gasteiger partial charge is 0.161 e. The molecule has 2 aromatic rings. The predicted molar refractivity (Wildman–Crippen MR) is 52.7 cm³/mol. The number of anilines is 2. The molecule has 2 heterocycles. The number of hydrogen-bond acceptors (Lipinski definition) is 5. The fraction of sp³-hybridized carbons (Fsp3) is 0.125. The summed E-state index contributed by atoms with van der Waals surface area (Å²) in [4.78, 5) is 7.80. The largest absolute Gasteiger partial charge is 0.384 e. The molecule has 0 aliphatic rings. The van der Waals surface area contributed by atoms with E-state index in [1.807, 2.05) is 6.92 Å². The van der Waals surface area contributed by atoms with Gasteiger partial charge in [-0.15, -0.1) is 0 Å². The van der Waals surface area contributed by atoms with Crippen LogP contribution in [0.15, 0.2) is 18.5 Å². The maximum atomic E-state index is 5.72. The van der Waals surface area contributed by atoms with Gasteiger partial charge in [0, 0.05) is 12.1 Å². The van der Waals surface area contributed by atoms with Crippen LogP contribution in [0.25, 0.3) is 5.82 Å². The summed E-state index contributed by atoms with van der Waals surface area (Å²) in [6.45, 7) is 1.86. The summed E-state index contributed by atoms with van der Waals surface area (Å²) >= 11 is 0. The number of aryl methyl sites for hydroxylation is 1. The first-order chi connectivity index (χ1) is 6.66. The lowest BCUT2D eigenvalue weighted by molar-refractivity contribution is 0.836. The Balaban J connectivity index is 2.54. The molecule has 6 nitrogen and oxygen atoms in total. The molecule has 14 heavy (non-hydrogen) atoms. The standard InChI is InChI=1S/C8H10N6/c1-5-2-7(10)14(13-5)8-3-6(9)11-4-12-8/h2-4H,10H2,1H3,(H2,9,11,12). The van der Waals surface area contributed by atoms with E-state index in [1.165, 1.54) is 11.0 Å². The molecular formula is C8H10N6. The molecule has 4 N–H and O–H groups in total. The number of aromatic nitrogens is 4. The fourth-order valence-electron chi connectivity index (χ4n) is 1.18. The molecule has 0 bridgehead atoms. The zero-order chi connectivity index (χ0) is 10.1. The second kappa shape index (κ2) is 2.99. The Kier molecular flexibility index (Phi) is 1.81. The number of nitrogen functional groups attached to an aromatic ring is 2. The molecule has 0 spiro atoms. The van der Waals surface area contributed by atoms with Crippen molar-refractivity contribution in [1.82, 2.24) is 19.7 Å². The van der Waals surface area contributed by atoms with Crippen LogP contribution >= 0.6 is 0 Å². The number of hydrogen-bond donors (Lipinski definition) is 2. The van der Waals surface area contributed by atoms with E-state index < -0.39 is 0 Å². The zero-order valence-electron chi connectivity index (χ0n) is 7.68. The molecule has 0 amide bonds. The molecule has 2 rings (SSSR count). The van der Waals surface area contributed by atoms with E-state index in [1.54, 1.807) is 12.1 Å². The number of rotatable bonds is 1. The van der Waals surface area contributed by atoms with Gasteiger partial charge in [0.2, 0.25) is 0 Å². The van der Waals surface area contributed by atoms with Crippen molar-refractivity contribution in [3.05, 3.63) is 24.2 Å². The van der Waals surface area contributed by atoms with Crippen molar-refractivity contribution < 1.29 is 0 Å². The molecular weight excluding hydrogens is 180 g/mol. The molecule has 72 valence electrons. The first kappa shape index (κ1) is 8.49. The summed E-state index contributed by atoms with van der Waals surface area (Å²) in [6, 6.07) is 3.38. The van der Waals surface area contributed by atoms with Crippen LogP contribution in [0, 0.1) is 6.92 Å². The summed E-state index contributed by atoms with van der Waals surface area (Å²) in [5.41, 5.74) is 12.1. The quantitative estimate of drug-likeness (QED) is 0.666. The fourth-order valence-corrected chi connectivity index (χ4v) is 1.18. The summed E-state index contributed by atoms with van der Waals surface area (Å²) < 4.78 is 1.52. The van der Waals surface area contributed by atoms with E-state index in [4.69, 9.17) is 11.5 Å². The van der Waals surface area contributed by atoms with E-state index in [-0.39, 0.29) is 0 Å². The van der Waals surface area contributed by atoms with E-state index in [0.29, 0.717) is 17.5 Å². The van der Waals surface area contributed by atoms with Crippen LogP contribution in [0.5, 0.6) is 0 Å². The molecule has 0 saturated carbocycles. The molecule has 0 atom stereocenters. The van der Waals surface area contributed by atoms with Crippen molar-refractivity contribution in [3.63, 3.8) is 0 Å². The van der Waals surface area contributed by atoms with Gasteiger partial charge in [0.15, 0.2) is 5.82 Å². The molecule has 0 radical (unpaired) electrons. The van der Waals surface area contributed by atoms with Gasteiger partial charge in [0.05, 0.1) is 5.69 Å². The van der Waals surface area contributed by atoms with E-state index in [0.717, 1.165) is 5.69 Å². The topological polar surface area (TPSA) is 95.6 Å². The molecule has 0 aliphatic carbocycles. The lowest BCUT2D eigenvalue weighted by Gasteiger charge is -2.02. The van der Waals surface area contributed by atoms with Crippen molar-refractivity contribution in [2.75, 3.05) is 11.5 Å². The van der Waals surface area contributed by atoms with Crippen LogP contribution in [0.4, 0.5) is 11.6 Å². The summed E-state index contributed by atoms with van der Waals surface area (Å²) in [6.07, 6.45) is 1.38. The molecule has 0 aliphatic heterocycles. The van der Waals surface area contributed by atoms with Crippen LogP contribution in [0.2, 0.25) is 0 Å². The maximum absolute atomic E-state index is 5.72. The third-order valence-electron chi connectivity index (χ3n) is 1.75. The molecule has 0 unspecified atom stereocenters. The van der Waals surface area contributed by atoms with Crippen LogP contribution in [-0.2, 0) is 0 Å². The highest BCUT2D eigenvalue weighted by atomic mass is 15.3. The van der Waals surface area contributed by atoms with Gasteiger partial charge in [0.25, 0.3) is 0 Å². The van der Waals surface area contributed by atoms with E-state index in [9.17, 15) is 0 Å². The minimum Gasteiger partial charge on any atom is -0.384 e. The lowest BCUT2D eigenvalue weighted by atomic mass is 10.5. The van der Waals surface area contributed by atoms with Gasteiger partial charge in [-0.05, 0) is 6.92 Å². The normalized spacial score (nSPS) is 10.4. The van der Waals surface area contributed by atoms with Crippen LogP contribution in [0.3, 0.4) is 0 Å². The first-order valence-corrected chi connectivity index (χ1v) is 4.07. The third-order valence-corrected chi connectivity index (χ3v) is 1.75. The van der Waals surface area contributed by atoms with Crippen LogP contribution in [-0.4, -0.2) is 19.7 Å². The average molecular weight is 190 g/mol. The Labute approximate surface area is 80.6 Å². The van der Waals surface area contributed by atoms with Gasteiger partial charge in [-0.3, -0.25) is 0 Å². The second-order valence-electron chi connectivity index (χ2n) is 2.92. The second-order valence-corrected chi connectivity index (χ2v) is 2.92. The SMILES string of the molecule is Cc1cc(N)n(-c2cc(N)ncn2)n1. The maximum Gasteiger partial charge on any atom is 0.161 e. The Morgan fingerprint density at radius 3 is 2.57 bits per heavy atom. The Bertz CT molecular complexity index is 461. The monoisotopic (exact) mass is 190 g/mol. The van der Waals surface area contributed by atoms with Crippen molar-refractivity contribution in [3.8, 4) is 5.82 Å². The van der Waals surface area contributed by atoms with Gasteiger partial charge in [-0.1, -0.05) is 0 Å². The van der Waals surface area contributed by atoms with Crippen molar-refractivity contribution in [1.29, 1.82) is 0 Å². The van der Waals surface area contributed by atoms with Crippen LogP contribution < -0.4 is 11.5 Å². The first-order valence-electron chi connectivity index (χ1n) is 4.07. The zero-order valence-corrected chi connectivity index (χ0v) is 7.68. The van der Waals surface area contributed by atoms with Gasteiger partial charge in [-0.2, -0.15) is 9.78 Å². The highest BCUT2D eigenvalue weighted by Gasteiger charge is 2.05. The third kappa shape index (κ3) is 1.37. The lowest BCUT2D eigenvalue weighted by Crippen LogP contribution is -2.05. The Morgan fingerprint density at radius 2 is 2.00 bits per heavy atom. The number of nitrogens with two attached hydrogens (primary N) is 2. The summed E-state index contributed by atoms with van der Waals surface area (Å²) in [5, 5.41) is 4.17. The predicted octanol–water partition coefficient (Wildman–Crippen LogP) is 0.135. The Morgan fingerprint density at radius 1 is 1.21 bits per heavy atom. The summed E-state index contributed by atoms with van der Waals surface area (Å²) in [5.74, 6) is 1.49. The number of nitrogens with zero attached hydrogens (tertiary/aromatic N) is 4. The van der Waals surface area contributed by atoms with E-state index in [2.05, 4.69) is 15.1 Å². The molecule has 0 saturated heterocycles. The molecule has 2 aromatic heterocycles. The Hall–Kier alpha value is -2.11. The highest BCUT2D eigenvalue weighted by molar-refractivity contribution is 5.42. The average Bonchev–Trinajstić information content (AvgIpc) is 2.45. The minimum absolute atomic E-state index is 0.391. The molecule has 0 fully saturated rings. The van der Waals surface area contributed by atoms with Crippen molar-refractivity contribution in [2.24, 2.45) is 0 Å².